The lowest BCUT2D eigenvalue weighted by atomic mass is 9.96. The second kappa shape index (κ2) is 7.20. The van der Waals surface area contributed by atoms with Gasteiger partial charge in [-0.05, 0) is 43.7 Å². The van der Waals surface area contributed by atoms with Crippen molar-refractivity contribution in [3.8, 4) is 0 Å². The Labute approximate surface area is 93.8 Å². The smallest absolute Gasteiger partial charge is 0.0591 e. The predicted molar refractivity (Wildman–Crippen MR) is 63.8 cm³/mol. The number of rotatable bonds is 9. The van der Waals surface area contributed by atoms with Crippen molar-refractivity contribution >= 4 is 0 Å². The minimum absolute atomic E-state index is 0.591. The molecule has 1 saturated carbocycles. The van der Waals surface area contributed by atoms with Gasteiger partial charge in [0, 0.05) is 13.2 Å². The Balaban J connectivity index is 1.85. The molecule has 0 heterocycles. The number of hydrogen-bond donors (Lipinski definition) is 2. The van der Waals surface area contributed by atoms with Crippen molar-refractivity contribution in [3.05, 3.63) is 0 Å². The van der Waals surface area contributed by atoms with Gasteiger partial charge in [0.1, 0.15) is 0 Å². The molecule has 1 rings (SSSR count). The second-order valence-electron chi connectivity index (χ2n) is 4.96. The highest BCUT2D eigenvalue weighted by atomic mass is 16.5. The quantitative estimate of drug-likeness (QED) is 0.568. The summed E-state index contributed by atoms with van der Waals surface area (Å²) in [6, 6.07) is 0. The summed E-state index contributed by atoms with van der Waals surface area (Å²) in [6.45, 7) is 8.99. The van der Waals surface area contributed by atoms with Crippen LogP contribution in [0.15, 0.2) is 0 Å². The maximum absolute atomic E-state index is 5.69. The van der Waals surface area contributed by atoms with E-state index in [-0.39, 0.29) is 0 Å². The number of hydrogen-bond acceptors (Lipinski definition) is 3. The van der Waals surface area contributed by atoms with Gasteiger partial charge in [0.05, 0.1) is 6.61 Å². The van der Waals surface area contributed by atoms with Gasteiger partial charge in [-0.2, -0.15) is 0 Å². The predicted octanol–water partition coefficient (Wildman–Crippen LogP) is 1.23. The van der Waals surface area contributed by atoms with Crippen LogP contribution in [-0.4, -0.2) is 32.8 Å². The van der Waals surface area contributed by atoms with E-state index in [1.54, 1.807) is 0 Å². The lowest BCUT2D eigenvalue weighted by Crippen LogP contribution is -2.33. The summed E-state index contributed by atoms with van der Waals surface area (Å²) < 4.78 is 5.54. The first-order chi connectivity index (χ1) is 7.24. The minimum Gasteiger partial charge on any atom is -0.380 e. The van der Waals surface area contributed by atoms with Gasteiger partial charge in [-0.1, -0.05) is 13.8 Å². The molecule has 90 valence electrons. The van der Waals surface area contributed by atoms with Crippen molar-refractivity contribution in [2.45, 2.75) is 26.7 Å². The zero-order valence-corrected chi connectivity index (χ0v) is 10.2. The average Bonchev–Trinajstić information content (AvgIpc) is 3.00. The highest BCUT2D eigenvalue weighted by Gasteiger charge is 2.20. The number of nitrogens with two attached hydrogens (primary N) is 1. The second-order valence-corrected chi connectivity index (χ2v) is 4.96. The minimum atomic E-state index is 0.591. The molecule has 0 bridgehead atoms. The van der Waals surface area contributed by atoms with Gasteiger partial charge in [-0.3, -0.25) is 0 Å². The van der Waals surface area contributed by atoms with E-state index in [2.05, 4.69) is 19.2 Å². The van der Waals surface area contributed by atoms with Crippen LogP contribution in [0, 0.1) is 17.8 Å². The molecule has 0 aliphatic heterocycles. The fraction of sp³-hybridized carbons (Fsp3) is 1.00. The molecule has 0 saturated heterocycles. The van der Waals surface area contributed by atoms with Crippen molar-refractivity contribution in [2.75, 3.05) is 32.8 Å². The Kier molecular flexibility index (Phi) is 6.22. The first-order valence-corrected chi connectivity index (χ1v) is 6.22. The largest absolute Gasteiger partial charge is 0.380 e. The molecule has 1 atom stereocenters. The summed E-state index contributed by atoms with van der Waals surface area (Å²) >= 11 is 0. The van der Waals surface area contributed by atoms with Crippen molar-refractivity contribution in [1.82, 2.24) is 5.32 Å². The van der Waals surface area contributed by atoms with Crippen LogP contribution in [0.2, 0.25) is 0 Å². The van der Waals surface area contributed by atoms with E-state index in [1.807, 2.05) is 0 Å². The Morgan fingerprint density at radius 1 is 1.40 bits per heavy atom. The maximum Gasteiger partial charge on any atom is 0.0591 e. The van der Waals surface area contributed by atoms with Crippen molar-refractivity contribution in [3.63, 3.8) is 0 Å². The summed E-state index contributed by atoms with van der Waals surface area (Å²) in [6.07, 6.45) is 2.74. The summed E-state index contributed by atoms with van der Waals surface area (Å²) in [5.74, 6) is 2.13. The maximum atomic E-state index is 5.69. The molecule has 1 unspecified atom stereocenters. The van der Waals surface area contributed by atoms with Crippen LogP contribution in [-0.2, 0) is 4.74 Å². The third-order valence-electron chi connectivity index (χ3n) is 3.13. The Bertz CT molecular complexity index is 158. The van der Waals surface area contributed by atoms with Gasteiger partial charge in [-0.15, -0.1) is 0 Å². The summed E-state index contributed by atoms with van der Waals surface area (Å²) in [4.78, 5) is 0. The Morgan fingerprint density at radius 3 is 2.67 bits per heavy atom. The van der Waals surface area contributed by atoms with E-state index in [0.29, 0.717) is 11.8 Å². The topological polar surface area (TPSA) is 47.3 Å². The molecule has 1 aliphatic carbocycles. The van der Waals surface area contributed by atoms with Crippen LogP contribution >= 0.6 is 0 Å². The van der Waals surface area contributed by atoms with E-state index in [9.17, 15) is 0 Å². The third kappa shape index (κ3) is 6.13. The van der Waals surface area contributed by atoms with Crippen molar-refractivity contribution in [1.29, 1.82) is 0 Å². The first-order valence-electron chi connectivity index (χ1n) is 6.22. The van der Waals surface area contributed by atoms with Crippen LogP contribution in [0.3, 0.4) is 0 Å². The van der Waals surface area contributed by atoms with Gasteiger partial charge >= 0.3 is 0 Å². The molecule has 1 fully saturated rings. The van der Waals surface area contributed by atoms with Gasteiger partial charge in [-0.25, -0.2) is 0 Å². The Hall–Kier alpha value is -0.120. The zero-order valence-electron chi connectivity index (χ0n) is 10.2. The molecule has 1 aliphatic rings. The molecule has 3 N–H and O–H groups in total. The Morgan fingerprint density at radius 2 is 2.13 bits per heavy atom. The molecule has 0 aromatic rings. The van der Waals surface area contributed by atoms with Gasteiger partial charge in [0.2, 0.25) is 0 Å². The molecule has 3 nitrogen and oxygen atoms in total. The van der Waals surface area contributed by atoms with Crippen molar-refractivity contribution in [2.24, 2.45) is 23.5 Å². The number of nitrogens with one attached hydrogen (secondary N) is 1. The fourth-order valence-electron chi connectivity index (χ4n) is 1.56. The molecule has 0 aromatic carbocycles. The molecule has 0 radical (unpaired) electrons. The molecule has 3 heteroatoms. The van der Waals surface area contributed by atoms with Crippen LogP contribution in [0.4, 0.5) is 0 Å². The fourth-order valence-corrected chi connectivity index (χ4v) is 1.56. The first kappa shape index (κ1) is 12.9. The van der Waals surface area contributed by atoms with E-state index in [1.165, 1.54) is 12.8 Å². The van der Waals surface area contributed by atoms with Gasteiger partial charge in [0.15, 0.2) is 0 Å². The van der Waals surface area contributed by atoms with Gasteiger partial charge in [0.25, 0.3) is 0 Å². The van der Waals surface area contributed by atoms with E-state index < -0.39 is 0 Å². The molecular formula is C12H26N2O. The highest BCUT2D eigenvalue weighted by molar-refractivity contribution is 4.72. The normalized spacial score (nSPS) is 18.4. The highest BCUT2D eigenvalue weighted by Crippen LogP contribution is 2.28. The monoisotopic (exact) mass is 214 g/mol. The molecule has 15 heavy (non-hydrogen) atoms. The lowest BCUT2D eigenvalue weighted by Gasteiger charge is -2.19. The number of ether oxygens (including phenoxy) is 1. The van der Waals surface area contributed by atoms with Crippen molar-refractivity contribution < 1.29 is 4.74 Å². The summed E-state index contributed by atoms with van der Waals surface area (Å²) in [7, 11) is 0. The average molecular weight is 214 g/mol. The molecule has 0 spiro atoms. The SMILES string of the molecule is CC(C)C(CN)CNCCOCC1CC1. The van der Waals surface area contributed by atoms with Crippen LogP contribution in [0.25, 0.3) is 0 Å². The van der Waals surface area contributed by atoms with Crippen LogP contribution < -0.4 is 11.1 Å². The van der Waals surface area contributed by atoms with E-state index in [4.69, 9.17) is 10.5 Å². The standard InChI is InChI=1S/C12H26N2O/c1-10(2)12(7-13)8-14-5-6-15-9-11-3-4-11/h10-12,14H,3-9,13H2,1-2H3. The summed E-state index contributed by atoms with van der Waals surface area (Å²) in [5.41, 5.74) is 5.69. The lowest BCUT2D eigenvalue weighted by molar-refractivity contribution is 0.125. The molecular weight excluding hydrogens is 188 g/mol. The van der Waals surface area contributed by atoms with E-state index >= 15 is 0 Å². The molecule has 0 aromatic heterocycles. The van der Waals surface area contributed by atoms with Crippen LogP contribution in [0.5, 0.6) is 0 Å². The van der Waals surface area contributed by atoms with E-state index in [0.717, 1.165) is 38.8 Å². The zero-order chi connectivity index (χ0) is 11.1. The summed E-state index contributed by atoms with van der Waals surface area (Å²) in [5, 5.41) is 3.41. The molecule has 0 amide bonds. The van der Waals surface area contributed by atoms with Gasteiger partial charge < -0.3 is 15.8 Å². The third-order valence-corrected chi connectivity index (χ3v) is 3.13. The van der Waals surface area contributed by atoms with Crippen LogP contribution in [0.1, 0.15) is 26.7 Å².